The molecule has 1 heterocycles. The summed E-state index contributed by atoms with van der Waals surface area (Å²) in [5, 5.41) is 3.07. The van der Waals surface area contributed by atoms with Crippen molar-refractivity contribution in [1.82, 2.24) is 10.0 Å². The van der Waals surface area contributed by atoms with Crippen LogP contribution in [0, 0.1) is 12.7 Å². The van der Waals surface area contributed by atoms with Gasteiger partial charge in [0.15, 0.2) is 11.6 Å². The van der Waals surface area contributed by atoms with Gasteiger partial charge in [-0.3, -0.25) is 0 Å². The zero-order valence-corrected chi connectivity index (χ0v) is 11.7. The minimum absolute atomic E-state index is 0.0407. The molecule has 5 nitrogen and oxygen atoms in total. The quantitative estimate of drug-likeness (QED) is 0.859. The average Bonchev–Trinajstić information content (AvgIpc) is 2.84. The van der Waals surface area contributed by atoms with Crippen LogP contribution in [-0.4, -0.2) is 34.7 Å². The van der Waals surface area contributed by atoms with Gasteiger partial charge in [-0.25, -0.2) is 17.5 Å². The Labute approximate surface area is 112 Å². The Hall–Kier alpha value is -1.18. The molecule has 1 aromatic rings. The van der Waals surface area contributed by atoms with Crippen LogP contribution in [0.25, 0.3) is 0 Å². The Morgan fingerprint density at radius 1 is 1.47 bits per heavy atom. The highest BCUT2D eigenvalue weighted by molar-refractivity contribution is 7.89. The van der Waals surface area contributed by atoms with Crippen molar-refractivity contribution in [1.29, 1.82) is 0 Å². The predicted molar refractivity (Wildman–Crippen MR) is 69.3 cm³/mol. The molecule has 1 aliphatic heterocycles. The highest BCUT2D eigenvalue weighted by atomic mass is 32.2. The van der Waals surface area contributed by atoms with E-state index in [9.17, 15) is 12.8 Å². The molecule has 0 amide bonds. The third-order valence-corrected chi connectivity index (χ3v) is 4.86. The smallest absolute Gasteiger partial charge is 0.241 e. The minimum Gasteiger partial charge on any atom is -0.494 e. The van der Waals surface area contributed by atoms with Crippen LogP contribution in [-0.2, 0) is 10.0 Å². The van der Waals surface area contributed by atoms with Gasteiger partial charge >= 0.3 is 0 Å². The number of sulfonamides is 1. The van der Waals surface area contributed by atoms with Crippen LogP contribution in [0.1, 0.15) is 12.0 Å². The summed E-state index contributed by atoms with van der Waals surface area (Å²) in [4.78, 5) is -0.0438. The van der Waals surface area contributed by atoms with Crippen molar-refractivity contribution in [2.75, 3.05) is 20.2 Å². The van der Waals surface area contributed by atoms with Gasteiger partial charge in [-0.05, 0) is 32.0 Å². The number of hydrogen-bond donors (Lipinski definition) is 2. The fourth-order valence-electron chi connectivity index (χ4n) is 2.13. The van der Waals surface area contributed by atoms with Crippen LogP contribution in [0.3, 0.4) is 0 Å². The van der Waals surface area contributed by atoms with Crippen LogP contribution in [0.15, 0.2) is 17.0 Å². The van der Waals surface area contributed by atoms with Gasteiger partial charge in [0, 0.05) is 18.2 Å². The molecular weight excluding hydrogens is 271 g/mol. The predicted octanol–water partition coefficient (Wildman–Crippen LogP) is 0.783. The highest BCUT2D eigenvalue weighted by Crippen LogP contribution is 2.26. The van der Waals surface area contributed by atoms with E-state index < -0.39 is 15.8 Å². The summed E-state index contributed by atoms with van der Waals surface area (Å²) < 4.78 is 45.7. The van der Waals surface area contributed by atoms with E-state index in [-0.39, 0.29) is 22.3 Å². The molecule has 1 atom stereocenters. The van der Waals surface area contributed by atoms with Crippen molar-refractivity contribution in [3.05, 3.63) is 23.5 Å². The molecule has 2 rings (SSSR count). The highest BCUT2D eigenvalue weighted by Gasteiger charge is 2.25. The van der Waals surface area contributed by atoms with E-state index in [1.54, 1.807) is 0 Å². The lowest BCUT2D eigenvalue weighted by molar-refractivity contribution is 0.384. The van der Waals surface area contributed by atoms with Crippen molar-refractivity contribution in [3.8, 4) is 5.75 Å². The molecule has 0 aliphatic carbocycles. The van der Waals surface area contributed by atoms with Gasteiger partial charge in [-0.2, -0.15) is 0 Å². The lowest BCUT2D eigenvalue weighted by atomic mass is 10.2. The molecule has 2 N–H and O–H groups in total. The average molecular weight is 288 g/mol. The maximum Gasteiger partial charge on any atom is 0.241 e. The van der Waals surface area contributed by atoms with Gasteiger partial charge in [-0.15, -0.1) is 0 Å². The van der Waals surface area contributed by atoms with E-state index in [4.69, 9.17) is 4.74 Å². The van der Waals surface area contributed by atoms with E-state index >= 15 is 0 Å². The molecule has 1 saturated heterocycles. The second kappa shape index (κ2) is 5.44. The summed E-state index contributed by atoms with van der Waals surface area (Å²) in [5.41, 5.74) is 0.0674. The topological polar surface area (TPSA) is 67.4 Å². The van der Waals surface area contributed by atoms with E-state index in [1.165, 1.54) is 26.2 Å². The van der Waals surface area contributed by atoms with Gasteiger partial charge in [0.2, 0.25) is 10.0 Å². The Morgan fingerprint density at radius 2 is 2.21 bits per heavy atom. The van der Waals surface area contributed by atoms with Crippen LogP contribution >= 0.6 is 0 Å². The first-order chi connectivity index (χ1) is 8.95. The summed E-state index contributed by atoms with van der Waals surface area (Å²) in [6.07, 6.45) is 0.733. The van der Waals surface area contributed by atoms with E-state index in [2.05, 4.69) is 10.0 Å². The summed E-state index contributed by atoms with van der Waals surface area (Å²) in [7, 11) is -2.37. The van der Waals surface area contributed by atoms with Gasteiger partial charge in [0.1, 0.15) is 0 Å². The lowest BCUT2D eigenvalue weighted by Gasteiger charge is -2.15. The molecule has 7 heteroatoms. The number of methoxy groups -OCH3 is 1. The number of nitrogens with one attached hydrogen (secondary N) is 2. The molecule has 1 aromatic carbocycles. The summed E-state index contributed by atoms with van der Waals surface area (Å²) in [5.74, 6) is -0.603. The molecule has 19 heavy (non-hydrogen) atoms. The maximum absolute atomic E-state index is 13.9. The van der Waals surface area contributed by atoms with Crippen molar-refractivity contribution in [2.45, 2.75) is 24.3 Å². The molecule has 0 saturated carbocycles. The third-order valence-electron chi connectivity index (χ3n) is 3.19. The van der Waals surface area contributed by atoms with Gasteiger partial charge < -0.3 is 10.1 Å². The molecule has 106 valence electrons. The molecule has 0 spiro atoms. The van der Waals surface area contributed by atoms with Gasteiger partial charge in [0.05, 0.1) is 12.0 Å². The summed E-state index contributed by atoms with van der Waals surface area (Å²) >= 11 is 0. The second-order valence-electron chi connectivity index (χ2n) is 4.52. The van der Waals surface area contributed by atoms with Crippen molar-refractivity contribution in [3.63, 3.8) is 0 Å². The monoisotopic (exact) mass is 288 g/mol. The summed E-state index contributed by atoms with van der Waals surface area (Å²) in [6, 6.07) is 2.54. The lowest BCUT2D eigenvalue weighted by Crippen LogP contribution is -2.36. The number of benzene rings is 1. The van der Waals surface area contributed by atoms with E-state index in [0.29, 0.717) is 6.54 Å². The first-order valence-corrected chi connectivity index (χ1v) is 7.50. The van der Waals surface area contributed by atoms with Crippen molar-refractivity contribution in [2.24, 2.45) is 0 Å². The SMILES string of the molecule is COc1ccc(S(=O)(=O)NC2CCNC2)c(C)c1F. The normalized spacial score (nSPS) is 19.6. The zero-order chi connectivity index (χ0) is 14.0. The Kier molecular flexibility index (Phi) is 4.07. The minimum atomic E-state index is -3.71. The maximum atomic E-state index is 13.9. The van der Waals surface area contributed by atoms with Crippen molar-refractivity contribution >= 4 is 10.0 Å². The fourth-order valence-corrected chi connectivity index (χ4v) is 3.64. The summed E-state index contributed by atoms with van der Waals surface area (Å²) in [6.45, 7) is 2.80. The Morgan fingerprint density at radius 3 is 2.79 bits per heavy atom. The Bertz CT molecular complexity index is 569. The number of ether oxygens (including phenoxy) is 1. The molecule has 0 bridgehead atoms. The fraction of sp³-hybridized carbons (Fsp3) is 0.500. The third kappa shape index (κ3) is 2.88. The molecule has 0 aromatic heterocycles. The molecule has 0 radical (unpaired) electrons. The van der Waals surface area contributed by atoms with Crippen molar-refractivity contribution < 1.29 is 17.5 Å². The van der Waals surface area contributed by atoms with Crippen LogP contribution < -0.4 is 14.8 Å². The van der Waals surface area contributed by atoms with Gasteiger partial charge in [-0.1, -0.05) is 0 Å². The molecule has 1 fully saturated rings. The zero-order valence-electron chi connectivity index (χ0n) is 10.9. The van der Waals surface area contributed by atoms with Crippen LogP contribution in [0.2, 0.25) is 0 Å². The molecule has 1 unspecified atom stereocenters. The first kappa shape index (κ1) is 14.2. The number of rotatable bonds is 4. The second-order valence-corrected chi connectivity index (χ2v) is 6.20. The van der Waals surface area contributed by atoms with E-state index in [1.807, 2.05) is 0 Å². The van der Waals surface area contributed by atoms with Crippen LogP contribution in [0.5, 0.6) is 5.75 Å². The first-order valence-electron chi connectivity index (χ1n) is 6.02. The van der Waals surface area contributed by atoms with Crippen LogP contribution in [0.4, 0.5) is 4.39 Å². The molecule has 1 aliphatic rings. The number of halogens is 1. The number of hydrogen-bond acceptors (Lipinski definition) is 4. The Balaban J connectivity index is 2.32. The standard InChI is InChI=1S/C12H17FN2O3S/c1-8-11(4-3-10(18-2)12(8)13)19(16,17)15-9-5-6-14-7-9/h3-4,9,14-15H,5-7H2,1-2H3. The largest absolute Gasteiger partial charge is 0.494 e. The van der Waals surface area contributed by atoms with Gasteiger partial charge in [0.25, 0.3) is 0 Å². The van der Waals surface area contributed by atoms with E-state index in [0.717, 1.165) is 13.0 Å². The molecular formula is C12H17FN2O3S.